The maximum atomic E-state index is 13.0. The zero-order chi connectivity index (χ0) is 15.2. The molecule has 0 saturated heterocycles. The fourth-order valence-electron chi connectivity index (χ4n) is 1.88. The smallest absolute Gasteiger partial charge is 0.238 e. The summed E-state index contributed by atoms with van der Waals surface area (Å²) in [6.07, 6.45) is 0. The Hall–Kier alpha value is -2.27. The van der Waals surface area contributed by atoms with Crippen LogP contribution in [-0.4, -0.2) is 12.5 Å². The largest absolute Gasteiger partial charge is 0.325 e. The molecule has 0 spiro atoms. The fraction of sp³-hybridized carbons (Fsp3) is 0.188. The molecule has 0 aliphatic carbocycles. The molecule has 2 aromatic carbocycles. The molecule has 2 N–H and O–H groups in total. The third kappa shape index (κ3) is 4.36. The lowest BCUT2D eigenvalue weighted by Crippen LogP contribution is -2.30. The molecule has 3 nitrogen and oxygen atoms in total. The van der Waals surface area contributed by atoms with Crippen LogP contribution in [0.5, 0.6) is 0 Å². The van der Waals surface area contributed by atoms with E-state index in [1.807, 2.05) is 37.3 Å². The van der Waals surface area contributed by atoms with E-state index in [0.29, 0.717) is 0 Å². The van der Waals surface area contributed by atoms with Crippen molar-refractivity contribution in [3.63, 3.8) is 0 Å². The summed E-state index contributed by atoms with van der Waals surface area (Å²) in [5.41, 5.74) is 1.30. The second-order valence-electron chi connectivity index (χ2n) is 4.69. The molecule has 0 radical (unpaired) electrons. The molecular formula is C16H16F2N2O. The summed E-state index contributed by atoms with van der Waals surface area (Å²) >= 11 is 0. The normalized spacial score (nSPS) is 12.0. The van der Waals surface area contributed by atoms with Crippen molar-refractivity contribution in [3.05, 3.63) is 65.7 Å². The van der Waals surface area contributed by atoms with Crippen molar-refractivity contribution in [1.29, 1.82) is 0 Å². The highest BCUT2D eigenvalue weighted by molar-refractivity contribution is 5.92. The number of hydrogen-bond acceptors (Lipinski definition) is 2. The summed E-state index contributed by atoms with van der Waals surface area (Å²) in [7, 11) is 0. The molecule has 0 bridgehead atoms. The maximum Gasteiger partial charge on any atom is 0.238 e. The second-order valence-corrected chi connectivity index (χ2v) is 4.69. The van der Waals surface area contributed by atoms with Crippen LogP contribution in [0, 0.1) is 11.6 Å². The maximum absolute atomic E-state index is 13.0. The van der Waals surface area contributed by atoms with Gasteiger partial charge in [0.1, 0.15) is 0 Å². The fourth-order valence-corrected chi connectivity index (χ4v) is 1.88. The lowest BCUT2D eigenvalue weighted by Gasteiger charge is -2.14. The van der Waals surface area contributed by atoms with E-state index >= 15 is 0 Å². The van der Waals surface area contributed by atoms with Crippen LogP contribution in [0.15, 0.2) is 48.5 Å². The Morgan fingerprint density at radius 3 is 2.48 bits per heavy atom. The third-order valence-electron chi connectivity index (χ3n) is 3.07. The van der Waals surface area contributed by atoms with Gasteiger partial charge in [-0.1, -0.05) is 30.3 Å². The SMILES string of the molecule is C[C@H](NCC(=O)Nc1ccc(F)c(F)c1)c1ccccc1. The van der Waals surface area contributed by atoms with Gasteiger partial charge in [0.2, 0.25) is 5.91 Å². The van der Waals surface area contributed by atoms with E-state index in [-0.39, 0.29) is 24.2 Å². The number of nitrogens with one attached hydrogen (secondary N) is 2. The minimum atomic E-state index is -0.988. The summed E-state index contributed by atoms with van der Waals surface area (Å²) in [4.78, 5) is 11.8. The molecule has 0 fully saturated rings. The van der Waals surface area contributed by atoms with Gasteiger partial charge in [-0.25, -0.2) is 8.78 Å². The number of halogens is 2. The first-order chi connectivity index (χ1) is 10.1. The molecule has 2 rings (SSSR count). The predicted octanol–water partition coefficient (Wildman–Crippen LogP) is 3.25. The van der Waals surface area contributed by atoms with Gasteiger partial charge in [0.15, 0.2) is 11.6 Å². The van der Waals surface area contributed by atoms with Crippen LogP contribution >= 0.6 is 0 Å². The summed E-state index contributed by atoms with van der Waals surface area (Å²) in [6, 6.07) is 13.0. The number of amides is 1. The Balaban J connectivity index is 1.86. The minimum Gasteiger partial charge on any atom is -0.325 e. The molecule has 21 heavy (non-hydrogen) atoms. The Bertz CT molecular complexity index is 617. The molecule has 0 aliphatic rings. The van der Waals surface area contributed by atoms with Gasteiger partial charge in [0, 0.05) is 17.8 Å². The highest BCUT2D eigenvalue weighted by Crippen LogP contribution is 2.13. The molecule has 1 amide bonds. The van der Waals surface area contributed by atoms with Gasteiger partial charge in [-0.2, -0.15) is 0 Å². The first-order valence-electron chi connectivity index (χ1n) is 6.59. The van der Waals surface area contributed by atoms with Crippen molar-refractivity contribution in [1.82, 2.24) is 5.32 Å². The van der Waals surface area contributed by atoms with E-state index < -0.39 is 11.6 Å². The van der Waals surface area contributed by atoms with Crippen LogP contribution in [0.1, 0.15) is 18.5 Å². The predicted molar refractivity (Wildman–Crippen MR) is 77.8 cm³/mol. The van der Waals surface area contributed by atoms with Gasteiger partial charge in [0.05, 0.1) is 6.54 Å². The van der Waals surface area contributed by atoms with Crippen molar-refractivity contribution in [2.24, 2.45) is 0 Å². The average Bonchev–Trinajstić information content (AvgIpc) is 2.49. The Morgan fingerprint density at radius 2 is 1.81 bits per heavy atom. The standard InChI is InChI=1S/C16H16F2N2O/c1-11(12-5-3-2-4-6-12)19-10-16(21)20-13-7-8-14(17)15(18)9-13/h2-9,11,19H,10H2,1H3,(H,20,21)/t11-/m0/s1. The lowest BCUT2D eigenvalue weighted by atomic mass is 10.1. The van der Waals surface area contributed by atoms with Crippen molar-refractivity contribution >= 4 is 11.6 Å². The number of anilines is 1. The summed E-state index contributed by atoms with van der Waals surface area (Å²) < 4.78 is 25.8. The number of carbonyl (C=O) groups excluding carboxylic acids is 1. The van der Waals surface area contributed by atoms with E-state index in [1.54, 1.807) is 0 Å². The zero-order valence-electron chi connectivity index (χ0n) is 11.6. The van der Waals surface area contributed by atoms with Crippen LogP contribution in [-0.2, 0) is 4.79 Å². The van der Waals surface area contributed by atoms with Crippen molar-refractivity contribution in [2.75, 3.05) is 11.9 Å². The highest BCUT2D eigenvalue weighted by Gasteiger charge is 2.09. The summed E-state index contributed by atoms with van der Waals surface area (Å²) in [6.45, 7) is 2.02. The molecule has 0 saturated carbocycles. The lowest BCUT2D eigenvalue weighted by molar-refractivity contribution is -0.115. The molecule has 110 valence electrons. The molecule has 2 aromatic rings. The first-order valence-corrected chi connectivity index (χ1v) is 6.59. The number of hydrogen-bond donors (Lipinski definition) is 2. The molecular weight excluding hydrogens is 274 g/mol. The highest BCUT2D eigenvalue weighted by atomic mass is 19.2. The minimum absolute atomic E-state index is 0.0157. The first kappa shape index (κ1) is 15.1. The Morgan fingerprint density at radius 1 is 1.10 bits per heavy atom. The van der Waals surface area contributed by atoms with E-state index in [0.717, 1.165) is 17.7 Å². The van der Waals surface area contributed by atoms with Crippen LogP contribution in [0.4, 0.5) is 14.5 Å². The van der Waals surface area contributed by atoms with Gasteiger partial charge in [-0.15, -0.1) is 0 Å². The average molecular weight is 290 g/mol. The van der Waals surface area contributed by atoms with Gasteiger partial charge in [-0.3, -0.25) is 4.79 Å². The summed E-state index contributed by atoms with van der Waals surface area (Å²) in [5, 5.41) is 5.57. The van der Waals surface area contributed by atoms with Gasteiger partial charge >= 0.3 is 0 Å². The number of rotatable bonds is 5. The zero-order valence-corrected chi connectivity index (χ0v) is 11.6. The van der Waals surface area contributed by atoms with E-state index in [9.17, 15) is 13.6 Å². The van der Waals surface area contributed by atoms with Crippen LogP contribution < -0.4 is 10.6 Å². The van der Waals surface area contributed by atoms with E-state index in [4.69, 9.17) is 0 Å². The molecule has 0 aliphatic heterocycles. The Labute approximate surface area is 122 Å². The monoisotopic (exact) mass is 290 g/mol. The van der Waals surface area contributed by atoms with Gasteiger partial charge in [0.25, 0.3) is 0 Å². The van der Waals surface area contributed by atoms with Crippen molar-refractivity contribution < 1.29 is 13.6 Å². The quantitative estimate of drug-likeness (QED) is 0.887. The van der Waals surface area contributed by atoms with E-state index in [2.05, 4.69) is 10.6 Å². The topological polar surface area (TPSA) is 41.1 Å². The molecule has 0 unspecified atom stereocenters. The third-order valence-corrected chi connectivity index (χ3v) is 3.07. The van der Waals surface area contributed by atoms with Crippen LogP contribution in [0.25, 0.3) is 0 Å². The molecule has 0 aromatic heterocycles. The number of benzene rings is 2. The van der Waals surface area contributed by atoms with Gasteiger partial charge < -0.3 is 10.6 Å². The summed E-state index contributed by atoms with van der Waals surface area (Å²) in [5.74, 6) is -2.24. The van der Waals surface area contributed by atoms with E-state index in [1.165, 1.54) is 6.07 Å². The van der Waals surface area contributed by atoms with Crippen molar-refractivity contribution in [2.45, 2.75) is 13.0 Å². The number of carbonyl (C=O) groups is 1. The molecule has 1 atom stereocenters. The van der Waals surface area contributed by atoms with Crippen molar-refractivity contribution in [3.8, 4) is 0 Å². The van der Waals surface area contributed by atoms with Gasteiger partial charge in [-0.05, 0) is 24.6 Å². The molecule has 0 heterocycles. The second kappa shape index (κ2) is 6.95. The molecule has 5 heteroatoms. The van der Waals surface area contributed by atoms with Crippen LogP contribution in [0.3, 0.4) is 0 Å². The Kier molecular flexibility index (Phi) is 5.00. The van der Waals surface area contributed by atoms with Crippen LogP contribution in [0.2, 0.25) is 0 Å².